The average Bonchev–Trinajstić information content (AvgIpc) is 3.05. The van der Waals surface area contributed by atoms with Crippen LogP contribution in [0.4, 0.5) is 8.78 Å². The number of fused-ring (bicyclic) bond motifs is 1. The van der Waals surface area contributed by atoms with Crippen LogP contribution >= 0.6 is 0 Å². The number of nitrogens with one attached hydrogen (secondary N) is 1. The van der Waals surface area contributed by atoms with Crippen molar-refractivity contribution in [2.75, 3.05) is 20.1 Å². The van der Waals surface area contributed by atoms with Gasteiger partial charge in [-0.05, 0) is 48.9 Å². The van der Waals surface area contributed by atoms with Crippen LogP contribution in [0.3, 0.4) is 0 Å². The summed E-state index contributed by atoms with van der Waals surface area (Å²) in [6.45, 7) is 1.91. The molecule has 1 aliphatic rings. The summed E-state index contributed by atoms with van der Waals surface area (Å²) in [6, 6.07) is 9.15. The number of nitrogens with zero attached hydrogens (tertiary/aromatic N) is 1. The molecule has 1 N–H and O–H groups in total. The molecule has 0 bridgehead atoms. The molecule has 0 aliphatic carbocycles. The Morgan fingerprint density at radius 1 is 1.19 bits per heavy atom. The lowest BCUT2D eigenvalue weighted by atomic mass is 9.96. The summed E-state index contributed by atoms with van der Waals surface area (Å²) < 4.78 is 27.7. The van der Waals surface area contributed by atoms with Gasteiger partial charge in [0, 0.05) is 42.2 Å². The Labute approximate surface area is 156 Å². The summed E-state index contributed by atoms with van der Waals surface area (Å²) >= 11 is 0. The molecule has 0 unspecified atom stereocenters. The highest BCUT2D eigenvalue weighted by Crippen LogP contribution is 2.30. The third-order valence-electron chi connectivity index (χ3n) is 5.11. The Hall–Kier alpha value is -2.79. The second-order valence-corrected chi connectivity index (χ2v) is 7.02. The monoisotopic (exact) mass is 366 g/mol. The highest BCUT2D eigenvalue weighted by atomic mass is 19.1. The number of aromatic amines is 1. The zero-order valence-corrected chi connectivity index (χ0v) is 15.1. The molecule has 0 saturated carbocycles. The van der Waals surface area contributed by atoms with Crippen LogP contribution in [0.15, 0.2) is 48.7 Å². The fraction of sp³-hybridized carbons (Fsp3) is 0.227. The number of hydrogen-bond acceptors (Lipinski definition) is 2. The van der Waals surface area contributed by atoms with Crippen LogP contribution in [-0.4, -0.2) is 35.8 Å². The predicted molar refractivity (Wildman–Crippen MR) is 103 cm³/mol. The van der Waals surface area contributed by atoms with Crippen molar-refractivity contribution in [1.29, 1.82) is 0 Å². The molecule has 0 spiro atoms. The highest BCUT2D eigenvalue weighted by molar-refractivity contribution is 5.99. The molecule has 1 aliphatic heterocycles. The molecule has 0 fully saturated rings. The van der Waals surface area contributed by atoms with Crippen LogP contribution in [0.25, 0.3) is 16.5 Å². The number of Topliss-reactive ketones (excluding diaryl/α,β-unsaturated/α-hetero) is 1. The first-order chi connectivity index (χ1) is 13.0. The number of likely N-dealkylation sites (N-methyl/N-ethyl adjacent to an activating group) is 1. The van der Waals surface area contributed by atoms with Gasteiger partial charge in [0.05, 0.1) is 5.56 Å². The SMILES string of the molecule is CN1CC=C(c2c[nH]c3ccc(CC(=O)c4c(F)cccc4F)cc23)CC1. The van der Waals surface area contributed by atoms with Crippen molar-refractivity contribution in [3.05, 3.63) is 77.0 Å². The Morgan fingerprint density at radius 3 is 2.67 bits per heavy atom. The van der Waals surface area contributed by atoms with E-state index in [1.54, 1.807) is 0 Å². The van der Waals surface area contributed by atoms with Gasteiger partial charge in [0.15, 0.2) is 5.78 Å². The summed E-state index contributed by atoms with van der Waals surface area (Å²) in [5.74, 6) is -2.19. The quantitative estimate of drug-likeness (QED) is 0.686. The number of aromatic nitrogens is 1. The number of halogens is 2. The second-order valence-electron chi connectivity index (χ2n) is 7.02. The normalized spacial score (nSPS) is 15.1. The lowest BCUT2D eigenvalue weighted by Gasteiger charge is -2.21. The van der Waals surface area contributed by atoms with E-state index < -0.39 is 23.0 Å². The second kappa shape index (κ2) is 7.08. The molecule has 0 saturated heterocycles. The van der Waals surface area contributed by atoms with Crippen molar-refractivity contribution >= 4 is 22.3 Å². The van der Waals surface area contributed by atoms with E-state index in [2.05, 4.69) is 23.0 Å². The van der Waals surface area contributed by atoms with E-state index in [0.717, 1.165) is 53.7 Å². The summed E-state index contributed by atoms with van der Waals surface area (Å²) in [5, 5.41) is 1.03. The molecule has 3 nitrogen and oxygen atoms in total. The van der Waals surface area contributed by atoms with Crippen LogP contribution in [0.1, 0.15) is 27.9 Å². The van der Waals surface area contributed by atoms with Crippen molar-refractivity contribution in [3.8, 4) is 0 Å². The van der Waals surface area contributed by atoms with Crippen LogP contribution in [-0.2, 0) is 6.42 Å². The zero-order chi connectivity index (χ0) is 19.0. The smallest absolute Gasteiger partial charge is 0.173 e. The molecule has 0 radical (unpaired) electrons. The molecular formula is C22H20F2N2O. The van der Waals surface area contributed by atoms with Gasteiger partial charge in [0.25, 0.3) is 0 Å². The van der Waals surface area contributed by atoms with Gasteiger partial charge in [-0.25, -0.2) is 8.78 Å². The number of hydrogen-bond donors (Lipinski definition) is 1. The van der Waals surface area contributed by atoms with Gasteiger partial charge >= 0.3 is 0 Å². The number of carbonyl (C=O) groups excluding carboxylic acids is 1. The third kappa shape index (κ3) is 3.43. The largest absolute Gasteiger partial charge is 0.361 e. The molecule has 0 amide bonds. The minimum atomic E-state index is -0.820. The van der Waals surface area contributed by atoms with Crippen molar-refractivity contribution in [2.45, 2.75) is 12.8 Å². The van der Waals surface area contributed by atoms with Gasteiger partial charge in [0.2, 0.25) is 0 Å². The summed E-state index contributed by atoms with van der Waals surface area (Å²) in [6.07, 6.45) is 5.13. The molecule has 2 aromatic carbocycles. The first-order valence-electron chi connectivity index (χ1n) is 8.98. The Kier molecular flexibility index (Phi) is 4.62. The fourth-order valence-electron chi connectivity index (χ4n) is 3.60. The maximum atomic E-state index is 13.9. The van der Waals surface area contributed by atoms with Crippen molar-refractivity contribution in [3.63, 3.8) is 0 Å². The maximum Gasteiger partial charge on any atom is 0.173 e. The first-order valence-corrected chi connectivity index (χ1v) is 8.98. The van der Waals surface area contributed by atoms with E-state index in [1.807, 2.05) is 24.4 Å². The molecule has 1 aromatic heterocycles. The lowest BCUT2D eigenvalue weighted by Crippen LogP contribution is -2.23. The maximum absolute atomic E-state index is 13.9. The first kappa shape index (κ1) is 17.6. The summed E-state index contributed by atoms with van der Waals surface area (Å²) in [4.78, 5) is 18.0. The van der Waals surface area contributed by atoms with Gasteiger partial charge in [-0.15, -0.1) is 0 Å². The topological polar surface area (TPSA) is 36.1 Å². The van der Waals surface area contributed by atoms with Crippen molar-refractivity contribution in [1.82, 2.24) is 9.88 Å². The van der Waals surface area contributed by atoms with Crippen LogP contribution in [0.2, 0.25) is 0 Å². The van der Waals surface area contributed by atoms with E-state index in [-0.39, 0.29) is 6.42 Å². The minimum absolute atomic E-state index is 0.0415. The number of H-pyrrole nitrogens is 1. The predicted octanol–water partition coefficient (Wildman–Crippen LogP) is 4.59. The van der Waals surface area contributed by atoms with Gasteiger partial charge in [-0.3, -0.25) is 4.79 Å². The minimum Gasteiger partial charge on any atom is -0.361 e. The van der Waals surface area contributed by atoms with E-state index in [9.17, 15) is 13.6 Å². The summed E-state index contributed by atoms with van der Waals surface area (Å²) in [7, 11) is 2.09. The average molecular weight is 366 g/mol. The molecule has 27 heavy (non-hydrogen) atoms. The van der Waals surface area contributed by atoms with Gasteiger partial charge < -0.3 is 9.88 Å². The molecule has 4 rings (SSSR count). The Bertz CT molecular complexity index is 1030. The van der Waals surface area contributed by atoms with Gasteiger partial charge in [0.1, 0.15) is 11.6 Å². The van der Waals surface area contributed by atoms with E-state index in [0.29, 0.717) is 0 Å². The third-order valence-corrected chi connectivity index (χ3v) is 5.11. The number of ketones is 1. The Morgan fingerprint density at radius 2 is 1.96 bits per heavy atom. The Balaban J connectivity index is 1.66. The molecule has 0 atom stereocenters. The van der Waals surface area contributed by atoms with E-state index in [1.165, 1.54) is 11.6 Å². The van der Waals surface area contributed by atoms with Gasteiger partial charge in [-0.1, -0.05) is 18.2 Å². The molecule has 138 valence electrons. The highest BCUT2D eigenvalue weighted by Gasteiger charge is 2.18. The zero-order valence-electron chi connectivity index (χ0n) is 15.1. The molecule has 3 aromatic rings. The van der Waals surface area contributed by atoms with E-state index >= 15 is 0 Å². The van der Waals surface area contributed by atoms with Crippen LogP contribution < -0.4 is 0 Å². The molecular weight excluding hydrogens is 346 g/mol. The van der Waals surface area contributed by atoms with Crippen LogP contribution in [0, 0.1) is 11.6 Å². The summed E-state index contributed by atoms with van der Waals surface area (Å²) in [5.41, 5.74) is 3.67. The van der Waals surface area contributed by atoms with Crippen molar-refractivity contribution < 1.29 is 13.6 Å². The van der Waals surface area contributed by atoms with Crippen molar-refractivity contribution in [2.24, 2.45) is 0 Å². The lowest BCUT2D eigenvalue weighted by molar-refractivity contribution is 0.0985. The number of rotatable bonds is 4. The van der Waals surface area contributed by atoms with Crippen LogP contribution in [0.5, 0.6) is 0 Å². The number of benzene rings is 2. The number of carbonyl (C=O) groups is 1. The molecule has 2 heterocycles. The molecule has 5 heteroatoms. The standard InChI is InChI=1S/C22H20F2N2O/c1-26-9-7-15(8-10-26)17-13-25-20-6-5-14(11-16(17)20)12-21(27)22-18(23)3-2-4-19(22)24/h2-7,11,13,25H,8-10,12H2,1H3. The van der Waals surface area contributed by atoms with Gasteiger partial charge in [-0.2, -0.15) is 0 Å². The fourth-order valence-corrected chi connectivity index (χ4v) is 3.60. The van der Waals surface area contributed by atoms with E-state index in [4.69, 9.17) is 0 Å².